The average Bonchev–Trinajstić information content (AvgIpc) is 2.33. The van der Waals surface area contributed by atoms with E-state index in [4.69, 9.17) is 0 Å². The number of amides is 1. The van der Waals surface area contributed by atoms with E-state index >= 15 is 0 Å². The summed E-state index contributed by atoms with van der Waals surface area (Å²) in [5.74, 6) is 0.381. The zero-order chi connectivity index (χ0) is 15.0. The Morgan fingerprint density at radius 2 is 2.24 bits per heavy atom. The first-order chi connectivity index (χ1) is 10.0. The van der Waals surface area contributed by atoms with Crippen molar-refractivity contribution < 1.29 is 9.18 Å². The third kappa shape index (κ3) is 2.56. The summed E-state index contributed by atoms with van der Waals surface area (Å²) in [4.78, 5) is 18.3. The number of nitrogens with zero attached hydrogens (tertiary/aromatic N) is 2. The molecular formula is C17H23FN2O. The zero-order valence-electron chi connectivity index (χ0n) is 12.8. The van der Waals surface area contributed by atoms with Gasteiger partial charge in [0.15, 0.2) is 0 Å². The molecule has 21 heavy (non-hydrogen) atoms. The van der Waals surface area contributed by atoms with Crippen molar-refractivity contribution in [1.29, 1.82) is 0 Å². The highest BCUT2D eigenvalue weighted by Gasteiger charge is 2.57. The van der Waals surface area contributed by atoms with Crippen LogP contribution in [0.1, 0.15) is 45.1 Å². The van der Waals surface area contributed by atoms with Gasteiger partial charge in [-0.2, -0.15) is 0 Å². The van der Waals surface area contributed by atoms with E-state index in [1.807, 2.05) is 0 Å². The van der Waals surface area contributed by atoms with Crippen molar-refractivity contribution in [2.45, 2.75) is 52.0 Å². The van der Waals surface area contributed by atoms with Crippen molar-refractivity contribution in [2.75, 3.05) is 6.54 Å². The highest BCUT2D eigenvalue weighted by Crippen LogP contribution is 2.55. The van der Waals surface area contributed by atoms with Gasteiger partial charge in [-0.1, -0.05) is 20.3 Å². The van der Waals surface area contributed by atoms with Crippen LogP contribution in [-0.2, 0) is 11.2 Å². The lowest BCUT2D eigenvalue weighted by Crippen LogP contribution is -2.70. The maximum Gasteiger partial charge on any atom is 0.223 e. The Morgan fingerprint density at radius 3 is 2.81 bits per heavy atom. The molecule has 4 heteroatoms. The molecular weight excluding hydrogens is 267 g/mol. The Hall–Kier alpha value is -1.45. The molecule has 3 nitrogen and oxygen atoms in total. The number of hydrogen-bond acceptors (Lipinski definition) is 2. The van der Waals surface area contributed by atoms with Gasteiger partial charge in [0, 0.05) is 30.6 Å². The lowest BCUT2D eigenvalue weighted by molar-refractivity contribution is -0.174. The fraction of sp³-hybridized carbons (Fsp3) is 0.647. The Morgan fingerprint density at radius 1 is 1.48 bits per heavy atom. The smallest absolute Gasteiger partial charge is 0.223 e. The average molecular weight is 290 g/mol. The van der Waals surface area contributed by atoms with E-state index in [-0.39, 0.29) is 11.7 Å². The Balaban J connectivity index is 1.58. The van der Waals surface area contributed by atoms with Crippen LogP contribution in [0, 0.1) is 17.2 Å². The highest BCUT2D eigenvalue weighted by molar-refractivity contribution is 5.78. The SMILES string of the molecule is CC(C)C1N(C(=O)CCc2cncc(F)c2)CC12CCC2. The van der Waals surface area contributed by atoms with E-state index in [0.29, 0.717) is 30.2 Å². The van der Waals surface area contributed by atoms with E-state index in [1.54, 1.807) is 6.20 Å². The first-order valence-corrected chi connectivity index (χ1v) is 7.91. The topological polar surface area (TPSA) is 33.2 Å². The van der Waals surface area contributed by atoms with E-state index in [9.17, 15) is 9.18 Å². The van der Waals surface area contributed by atoms with Gasteiger partial charge in [-0.15, -0.1) is 0 Å². The van der Waals surface area contributed by atoms with Gasteiger partial charge in [-0.05, 0) is 36.8 Å². The first-order valence-electron chi connectivity index (χ1n) is 7.91. The van der Waals surface area contributed by atoms with Crippen molar-refractivity contribution in [3.8, 4) is 0 Å². The van der Waals surface area contributed by atoms with Crippen LogP contribution in [0.4, 0.5) is 4.39 Å². The summed E-state index contributed by atoms with van der Waals surface area (Å²) < 4.78 is 13.1. The van der Waals surface area contributed by atoms with E-state index in [2.05, 4.69) is 23.7 Å². The van der Waals surface area contributed by atoms with Gasteiger partial charge in [-0.25, -0.2) is 4.39 Å². The molecule has 114 valence electrons. The molecule has 0 radical (unpaired) electrons. The minimum atomic E-state index is -0.336. The summed E-state index contributed by atoms with van der Waals surface area (Å²) in [5.41, 5.74) is 1.22. The van der Waals surface area contributed by atoms with Gasteiger partial charge in [0.2, 0.25) is 5.91 Å². The van der Waals surface area contributed by atoms with Gasteiger partial charge in [0.1, 0.15) is 5.82 Å². The predicted octanol–water partition coefficient (Wildman–Crippen LogP) is 3.19. The lowest BCUT2D eigenvalue weighted by Gasteiger charge is -2.64. The summed E-state index contributed by atoms with van der Waals surface area (Å²) in [7, 11) is 0. The number of rotatable bonds is 4. The van der Waals surface area contributed by atoms with Crippen molar-refractivity contribution in [1.82, 2.24) is 9.88 Å². The number of likely N-dealkylation sites (tertiary alicyclic amines) is 1. The molecule has 0 aromatic carbocycles. The Labute approximate surface area is 125 Å². The van der Waals surface area contributed by atoms with Crippen LogP contribution in [0.3, 0.4) is 0 Å². The van der Waals surface area contributed by atoms with Crippen LogP contribution >= 0.6 is 0 Å². The molecule has 1 aromatic heterocycles. The number of carbonyl (C=O) groups excluding carboxylic acids is 1. The molecule has 1 unspecified atom stereocenters. The van der Waals surface area contributed by atoms with Crippen molar-refractivity contribution >= 4 is 5.91 Å². The molecule has 1 saturated heterocycles. The molecule has 0 bridgehead atoms. The Kier molecular flexibility index (Phi) is 3.72. The maximum atomic E-state index is 13.1. The van der Waals surface area contributed by atoms with Gasteiger partial charge in [0.25, 0.3) is 0 Å². The predicted molar refractivity (Wildman–Crippen MR) is 79.1 cm³/mol. The fourth-order valence-electron chi connectivity index (χ4n) is 4.13. The van der Waals surface area contributed by atoms with Crippen LogP contribution in [-0.4, -0.2) is 28.4 Å². The summed E-state index contributed by atoms with van der Waals surface area (Å²) in [6, 6.07) is 1.87. The van der Waals surface area contributed by atoms with Crippen molar-refractivity contribution in [2.24, 2.45) is 11.3 Å². The lowest BCUT2D eigenvalue weighted by atomic mass is 9.55. The number of halogens is 1. The molecule has 1 spiro atoms. The van der Waals surface area contributed by atoms with Crippen LogP contribution in [0.2, 0.25) is 0 Å². The fourth-order valence-corrected chi connectivity index (χ4v) is 4.13. The van der Waals surface area contributed by atoms with Gasteiger partial charge in [-0.3, -0.25) is 9.78 Å². The monoisotopic (exact) mass is 290 g/mol. The second-order valence-electron chi connectivity index (χ2n) is 6.94. The van der Waals surface area contributed by atoms with E-state index in [0.717, 1.165) is 12.1 Å². The second-order valence-corrected chi connectivity index (χ2v) is 6.94. The molecule has 1 amide bonds. The number of aryl methyl sites for hydroxylation is 1. The third-order valence-electron chi connectivity index (χ3n) is 5.14. The van der Waals surface area contributed by atoms with Crippen LogP contribution in [0.25, 0.3) is 0 Å². The first kappa shape index (κ1) is 14.5. The summed E-state index contributed by atoms with van der Waals surface area (Å²) in [6.07, 6.45) is 7.69. The Bertz CT molecular complexity index is 539. The molecule has 2 aliphatic rings. The standard InChI is InChI=1S/C17H23FN2O/c1-12(2)16-17(6-3-7-17)11-20(16)15(21)5-4-13-8-14(18)10-19-9-13/h8-10,12,16H,3-7,11H2,1-2H3. The number of aromatic nitrogens is 1. The zero-order valence-corrected chi connectivity index (χ0v) is 12.8. The van der Waals surface area contributed by atoms with Gasteiger partial charge >= 0.3 is 0 Å². The maximum absolute atomic E-state index is 13.1. The van der Waals surface area contributed by atoms with Gasteiger partial charge in [0.05, 0.1) is 6.20 Å². The van der Waals surface area contributed by atoms with E-state index in [1.165, 1.54) is 31.5 Å². The van der Waals surface area contributed by atoms with Crippen molar-refractivity contribution in [3.05, 3.63) is 29.8 Å². The van der Waals surface area contributed by atoms with Gasteiger partial charge < -0.3 is 4.90 Å². The highest BCUT2D eigenvalue weighted by atomic mass is 19.1. The quantitative estimate of drug-likeness (QED) is 0.853. The molecule has 2 heterocycles. The van der Waals surface area contributed by atoms with E-state index < -0.39 is 0 Å². The number of pyridine rings is 1. The molecule has 1 atom stereocenters. The molecule has 1 aliphatic carbocycles. The molecule has 3 rings (SSSR count). The van der Waals surface area contributed by atoms with Crippen LogP contribution in [0.15, 0.2) is 18.5 Å². The second kappa shape index (κ2) is 5.39. The minimum absolute atomic E-state index is 0.204. The summed E-state index contributed by atoms with van der Waals surface area (Å²) in [6.45, 7) is 5.34. The summed E-state index contributed by atoms with van der Waals surface area (Å²) >= 11 is 0. The largest absolute Gasteiger partial charge is 0.338 e. The summed E-state index contributed by atoms with van der Waals surface area (Å²) in [5, 5.41) is 0. The van der Waals surface area contributed by atoms with Crippen molar-refractivity contribution in [3.63, 3.8) is 0 Å². The normalized spacial score (nSPS) is 23.0. The minimum Gasteiger partial charge on any atom is -0.338 e. The third-order valence-corrected chi connectivity index (χ3v) is 5.14. The molecule has 2 fully saturated rings. The van der Waals surface area contributed by atoms with Crippen LogP contribution < -0.4 is 0 Å². The molecule has 1 aliphatic heterocycles. The number of hydrogen-bond donors (Lipinski definition) is 0. The number of carbonyl (C=O) groups is 1. The molecule has 0 N–H and O–H groups in total. The van der Waals surface area contributed by atoms with Crippen LogP contribution in [0.5, 0.6) is 0 Å². The molecule has 1 saturated carbocycles. The molecule has 1 aromatic rings.